The van der Waals surface area contributed by atoms with Crippen LogP contribution < -0.4 is 5.32 Å². The van der Waals surface area contributed by atoms with Crippen LogP contribution in [0.4, 0.5) is 14.5 Å². The predicted molar refractivity (Wildman–Crippen MR) is 71.1 cm³/mol. The lowest BCUT2D eigenvalue weighted by atomic mass is 10.2. The number of aryl methyl sites for hydroxylation is 1. The number of rotatable bonds is 2. The van der Waals surface area contributed by atoms with Crippen molar-refractivity contribution >= 4 is 38.9 Å². The first-order chi connectivity index (χ1) is 8.49. The molecule has 0 aliphatic heterocycles. The number of halogens is 3. The monoisotopic (exact) mass is 331 g/mol. The molecule has 0 radical (unpaired) electrons. The summed E-state index contributed by atoms with van der Waals surface area (Å²) in [7, 11) is 0. The van der Waals surface area contributed by atoms with E-state index in [0.717, 1.165) is 21.5 Å². The van der Waals surface area contributed by atoms with Crippen molar-refractivity contribution in [2.24, 2.45) is 0 Å². The van der Waals surface area contributed by atoms with Crippen LogP contribution in [0.25, 0.3) is 0 Å². The van der Waals surface area contributed by atoms with E-state index in [1.54, 1.807) is 6.07 Å². The van der Waals surface area contributed by atoms with E-state index in [9.17, 15) is 13.6 Å². The van der Waals surface area contributed by atoms with E-state index in [0.29, 0.717) is 4.88 Å². The minimum Gasteiger partial charge on any atom is -0.316 e. The van der Waals surface area contributed by atoms with Crippen LogP contribution in [0.5, 0.6) is 0 Å². The summed E-state index contributed by atoms with van der Waals surface area (Å²) < 4.78 is 27.5. The maximum absolute atomic E-state index is 13.4. The van der Waals surface area contributed by atoms with E-state index in [1.807, 2.05) is 6.92 Å². The number of nitrogens with one attached hydrogen (secondary N) is 1. The Morgan fingerprint density at radius 2 is 1.94 bits per heavy atom. The summed E-state index contributed by atoms with van der Waals surface area (Å²) in [6, 6.07) is 5.08. The van der Waals surface area contributed by atoms with Crippen molar-refractivity contribution in [3.63, 3.8) is 0 Å². The Bertz CT molecular complexity index is 572. The number of carbonyl (C=O) groups is 1. The molecular formula is C12H8BrF2NOS. The molecule has 0 bridgehead atoms. The van der Waals surface area contributed by atoms with Crippen LogP contribution in [0, 0.1) is 18.6 Å². The van der Waals surface area contributed by atoms with Gasteiger partial charge in [-0.2, -0.15) is 0 Å². The molecule has 1 heterocycles. The van der Waals surface area contributed by atoms with Crippen molar-refractivity contribution < 1.29 is 13.6 Å². The fourth-order valence-electron chi connectivity index (χ4n) is 1.36. The number of hydrogen-bond donors (Lipinski definition) is 1. The quantitative estimate of drug-likeness (QED) is 0.870. The van der Waals surface area contributed by atoms with Gasteiger partial charge in [-0.3, -0.25) is 4.79 Å². The number of amides is 1. The second-order valence-corrected chi connectivity index (χ2v) is 5.99. The van der Waals surface area contributed by atoms with Gasteiger partial charge >= 0.3 is 0 Å². The zero-order valence-corrected chi connectivity index (χ0v) is 11.7. The van der Waals surface area contributed by atoms with Crippen LogP contribution in [-0.4, -0.2) is 5.91 Å². The summed E-state index contributed by atoms with van der Waals surface area (Å²) in [5.74, 6) is -2.12. The van der Waals surface area contributed by atoms with Gasteiger partial charge in [-0.25, -0.2) is 8.78 Å². The number of benzene rings is 1. The topological polar surface area (TPSA) is 29.1 Å². The molecule has 1 amide bonds. The van der Waals surface area contributed by atoms with Gasteiger partial charge in [0.15, 0.2) is 0 Å². The van der Waals surface area contributed by atoms with Crippen LogP contribution in [0.1, 0.15) is 15.2 Å². The first-order valence-corrected chi connectivity index (χ1v) is 6.61. The SMILES string of the molecule is Cc1cc(C(=O)Nc2c(F)cccc2F)sc1Br. The van der Waals surface area contributed by atoms with Gasteiger partial charge in [-0.05, 0) is 46.6 Å². The van der Waals surface area contributed by atoms with Crippen LogP contribution in [-0.2, 0) is 0 Å². The summed E-state index contributed by atoms with van der Waals surface area (Å²) in [5.41, 5.74) is 0.476. The summed E-state index contributed by atoms with van der Waals surface area (Å²) in [5, 5.41) is 2.24. The fraction of sp³-hybridized carbons (Fsp3) is 0.0833. The molecule has 2 aromatic rings. The van der Waals surface area contributed by atoms with Gasteiger partial charge in [0.1, 0.15) is 17.3 Å². The highest BCUT2D eigenvalue weighted by atomic mass is 79.9. The smallest absolute Gasteiger partial charge is 0.265 e. The van der Waals surface area contributed by atoms with Gasteiger partial charge in [-0.15, -0.1) is 11.3 Å². The number of carbonyl (C=O) groups excluding carboxylic acids is 1. The normalized spacial score (nSPS) is 10.4. The molecule has 0 atom stereocenters. The number of anilines is 1. The van der Waals surface area contributed by atoms with E-state index in [-0.39, 0.29) is 0 Å². The van der Waals surface area contributed by atoms with Crippen molar-refractivity contribution in [1.29, 1.82) is 0 Å². The first kappa shape index (κ1) is 13.2. The minimum atomic E-state index is -0.796. The molecule has 1 N–H and O–H groups in total. The molecule has 0 saturated heterocycles. The third-order valence-electron chi connectivity index (χ3n) is 2.28. The molecule has 2 nitrogen and oxygen atoms in total. The number of thiophene rings is 1. The molecule has 0 aliphatic carbocycles. The molecular weight excluding hydrogens is 324 g/mol. The summed E-state index contributed by atoms with van der Waals surface area (Å²) >= 11 is 4.50. The molecule has 6 heteroatoms. The number of para-hydroxylation sites is 1. The third kappa shape index (κ3) is 2.59. The molecule has 1 aromatic heterocycles. The fourth-order valence-corrected chi connectivity index (χ4v) is 2.79. The van der Waals surface area contributed by atoms with Crippen LogP contribution in [0.2, 0.25) is 0 Å². The maximum atomic E-state index is 13.4. The summed E-state index contributed by atoms with van der Waals surface area (Å²) in [6.07, 6.45) is 0. The zero-order chi connectivity index (χ0) is 13.3. The lowest BCUT2D eigenvalue weighted by molar-refractivity contribution is 0.102. The second kappa shape index (κ2) is 5.16. The molecule has 0 aliphatic rings. The largest absolute Gasteiger partial charge is 0.316 e. The standard InChI is InChI=1S/C12H8BrF2NOS/c1-6-5-9(18-11(6)13)12(17)16-10-7(14)3-2-4-8(10)15/h2-5H,1H3,(H,16,17). The summed E-state index contributed by atoms with van der Waals surface area (Å²) in [6.45, 7) is 1.83. The van der Waals surface area contributed by atoms with Crippen molar-refractivity contribution in [1.82, 2.24) is 0 Å². The van der Waals surface area contributed by atoms with E-state index in [2.05, 4.69) is 21.2 Å². The van der Waals surface area contributed by atoms with Gasteiger partial charge < -0.3 is 5.32 Å². The molecule has 0 spiro atoms. The van der Waals surface area contributed by atoms with E-state index in [1.165, 1.54) is 17.4 Å². The lowest BCUT2D eigenvalue weighted by Gasteiger charge is -2.05. The van der Waals surface area contributed by atoms with E-state index in [4.69, 9.17) is 0 Å². The second-order valence-electron chi connectivity index (χ2n) is 3.62. The van der Waals surface area contributed by atoms with Crippen molar-refractivity contribution in [2.75, 3.05) is 5.32 Å². The Labute approximate surface area is 115 Å². The average molecular weight is 332 g/mol. The van der Waals surface area contributed by atoms with Gasteiger partial charge in [-0.1, -0.05) is 6.07 Å². The van der Waals surface area contributed by atoms with Gasteiger partial charge in [0, 0.05) is 0 Å². The number of hydrogen-bond acceptors (Lipinski definition) is 2. The highest BCUT2D eigenvalue weighted by Gasteiger charge is 2.15. The van der Waals surface area contributed by atoms with Crippen molar-refractivity contribution in [3.05, 3.63) is 50.1 Å². The van der Waals surface area contributed by atoms with Crippen molar-refractivity contribution in [2.45, 2.75) is 6.92 Å². The lowest BCUT2D eigenvalue weighted by Crippen LogP contribution is -2.12. The Morgan fingerprint density at radius 1 is 1.33 bits per heavy atom. The summed E-state index contributed by atoms with van der Waals surface area (Å²) in [4.78, 5) is 12.2. The molecule has 0 unspecified atom stereocenters. The Morgan fingerprint density at radius 3 is 2.44 bits per heavy atom. The first-order valence-electron chi connectivity index (χ1n) is 5.00. The van der Waals surface area contributed by atoms with Crippen LogP contribution in [0.15, 0.2) is 28.1 Å². The molecule has 94 valence electrons. The Balaban J connectivity index is 2.27. The van der Waals surface area contributed by atoms with Crippen LogP contribution in [0.3, 0.4) is 0 Å². The Kier molecular flexibility index (Phi) is 3.77. The third-order valence-corrected chi connectivity index (χ3v) is 4.42. The highest BCUT2D eigenvalue weighted by molar-refractivity contribution is 9.11. The predicted octanol–water partition coefficient (Wildman–Crippen LogP) is 4.35. The maximum Gasteiger partial charge on any atom is 0.265 e. The molecule has 18 heavy (non-hydrogen) atoms. The highest BCUT2D eigenvalue weighted by Crippen LogP contribution is 2.28. The van der Waals surface area contributed by atoms with Gasteiger partial charge in [0.05, 0.1) is 8.66 Å². The van der Waals surface area contributed by atoms with Crippen molar-refractivity contribution in [3.8, 4) is 0 Å². The van der Waals surface area contributed by atoms with Gasteiger partial charge in [0.2, 0.25) is 0 Å². The molecule has 0 saturated carbocycles. The van der Waals surface area contributed by atoms with E-state index >= 15 is 0 Å². The zero-order valence-electron chi connectivity index (χ0n) is 9.26. The molecule has 2 rings (SSSR count). The van der Waals surface area contributed by atoms with E-state index < -0.39 is 23.2 Å². The minimum absolute atomic E-state index is 0.391. The van der Waals surface area contributed by atoms with Crippen LogP contribution >= 0.6 is 27.3 Å². The Hall–Kier alpha value is -1.27. The molecule has 1 aromatic carbocycles. The van der Waals surface area contributed by atoms with Gasteiger partial charge in [0.25, 0.3) is 5.91 Å². The average Bonchev–Trinajstić information content (AvgIpc) is 2.64. The molecule has 0 fully saturated rings.